The number of hydrogen-bond donors (Lipinski definition) is 0. The van der Waals surface area contributed by atoms with Crippen molar-refractivity contribution in [1.82, 2.24) is 0 Å². The first kappa shape index (κ1) is 27.4. The van der Waals surface area contributed by atoms with Gasteiger partial charge in [-0.3, -0.25) is 0 Å². The lowest BCUT2D eigenvalue weighted by atomic mass is 10.2. The SMILES string of the molecule is c1ccc(COCCOc2ccc(N(CCOCc3ccccc3)CCOCc3ccccc3)cc2)cc1. The van der Waals surface area contributed by atoms with E-state index in [9.17, 15) is 0 Å². The second-order valence-corrected chi connectivity index (χ2v) is 8.94. The van der Waals surface area contributed by atoms with Gasteiger partial charge in [-0.15, -0.1) is 0 Å². The average Bonchev–Trinajstić information content (AvgIpc) is 2.98. The average molecular weight is 512 g/mol. The predicted octanol–water partition coefficient (Wildman–Crippen LogP) is 6.52. The number of ether oxygens (including phenoxy) is 4. The summed E-state index contributed by atoms with van der Waals surface area (Å²) in [7, 11) is 0. The summed E-state index contributed by atoms with van der Waals surface area (Å²) in [5, 5.41) is 0. The van der Waals surface area contributed by atoms with E-state index in [1.807, 2.05) is 66.7 Å². The zero-order valence-corrected chi connectivity index (χ0v) is 21.9. The highest BCUT2D eigenvalue weighted by molar-refractivity contribution is 5.49. The highest BCUT2D eigenvalue weighted by atomic mass is 16.5. The number of nitrogens with zero attached hydrogens (tertiary/aromatic N) is 1. The first-order valence-electron chi connectivity index (χ1n) is 13.2. The van der Waals surface area contributed by atoms with E-state index in [1.165, 1.54) is 11.1 Å². The third kappa shape index (κ3) is 10.0. The summed E-state index contributed by atoms with van der Waals surface area (Å²) in [6.07, 6.45) is 0. The molecular weight excluding hydrogens is 474 g/mol. The maximum Gasteiger partial charge on any atom is 0.119 e. The van der Waals surface area contributed by atoms with Crippen molar-refractivity contribution in [3.05, 3.63) is 132 Å². The van der Waals surface area contributed by atoms with E-state index < -0.39 is 0 Å². The Balaban J connectivity index is 1.23. The van der Waals surface area contributed by atoms with E-state index >= 15 is 0 Å². The molecule has 0 saturated heterocycles. The van der Waals surface area contributed by atoms with Gasteiger partial charge in [0.1, 0.15) is 12.4 Å². The summed E-state index contributed by atoms with van der Waals surface area (Å²) in [5.74, 6) is 0.831. The zero-order chi connectivity index (χ0) is 26.1. The monoisotopic (exact) mass is 511 g/mol. The van der Waals surface area contributed by atoms with Gasteiger partial charge >= 0.3 is 0 Å². The third-order valence-electron chi connectivity index (χ3n) is 6.04. The van der Waals surface area contributed by atoms with Gasteiger partial charge in [0, 0.05) is 18.8 Å². The lowest BCUT2D eigenvalue weighted by Gasteiger charge is -2.25. The quantitative estimate of drug-likeness (QED) is 0.151. The molecule has 0 heterocycles. The third-order valence-corrected chi connectivity index (χ3v) is 6.04. The van der Waals surface area contributed by atoms with E-state index in [4.69, 9.17) is 18.9 Å². The van der Waals surface area contributed by atoms with E-state index in [0.29, 0.717) is 46.2 Å². The predicted molar refractivity (Wildman–Crippen MR) is 152 cm³/mol. The van der Waals surface area contributed by atoms with E-state index in [1.54, 1.807) is 0 Å². The Bertz CT molecular complexity index is 1090. The van der Waals surface area contributed by atoms with Gasteiger partial charge in [0.15, 0.2) is 0 Å². The molecule has 0 saturated carbocycles. The topological polar surface area (TPSA) is 40.2 Å². The van der Waals surface area contributed by atoms with Crippen LogP contribution in [0.25, 0.3) is 0 Å². The molecule has 0 fully saturated rings. The Morgan fingerprint density at radius 2 is 0.842 bits per heavy atom. The van der Waals surface area contributed by atoms with E-state index in [2.05, 4.69) is 53.4 Å². The molecule has 5 nitrogen and oxygen atoms in total. The van der Waals surface area contributed by atoms with Crippen LogP contribution >= 0.6 is 0 Å². The van der Waals surface area contributed by atoms with Crippen LogP contribution in [0.15, 0.2) is 115 Å². The van der Waals surface area contributed by atoms with Crippen LogP contribution in [0, 0.1) is 0 Å². The molecular formula is C33H37NO4. The Morgan fingerprint density at radius 1 is 0.421 bits per heavy atom. The number of hydrogen-bond acceptors (Lipinski definition) is 5. The van der Waals surface area contributed by atoms with Crippen molar-refractivity contribution < 1.29 is 18.9 Å². The largest absolute Gasteiger partial charge is 0.491 e. The van der Waals surface area contributed by atoms with E-state index in [-0.39, 0.29) is 0 Å². The molecule has 0 amide bonds. The smallest absolute Gasteiger partial charge is 0.119 e. The number of rotatable bonds is 17. The molecule has 0 bridgehead atoms. The first-order valence-corrected chi connectivity index (χ1v) is 13.2. The van der Waals surface area contributed by atoms with Crippen molar-refractivity contribution in [3.8, 4) is 5.75 Å². The highest BCUT2D eigenvalue weighted by Crippen LogP contribution is 2.20. The van der Waals surface area contributed by atoms with Gasteiger partial charge in [0.2, 0.25) is 0 Å². The maximum atomic E-state index is 5.96. The fourth-order valence-electron chi connectivity index (χ4n) is 3.98. The lowest BCUT2D eigenvalue weighted by Crippen LogP contribution is -2.31. The Hall–Kier alpha value is -3.64. The molecule has 0 radical (unpaired) electrons. The number of benzene rings is 4. The molecule has 0 N–H and O–H groups in total. The normalized spacial score (nSPS) is 10.8. The minimum absolute atomic E-state index is 0.510. The van der Waals surface area contributed by atoms with Crippen molar-refractivity contribution in [1.29, 1.82) is 0 Å². The van der Waals surface area contributed by atoms with Crippen LogP contribution in [-0.4, -0.2) is 39.5 Å². The van der Waals surface area contributed by atoms with E-state index in [0.717, 1.165) is 30.1 Å². The summed E-state index contributed by atoms with van der Waals surface area (Å²) in [6.45, 7) is 5.67. The standard InChI is InChI=1S/C33H37NO4/c1-4-10-29(11-5-1)26-35-22-20-34(21-23-36-27-30-12-6-2-7-13-30)32-16-18-33(19-17-32)38-25-24-37-28-31-14-8-3-9-15-31/h1-19H,20-28H2. The van der Waals surface area contributed by atoms with Gasteiger partial charge in [0.25, 0.3) is 0 Å². The van der Waals surface area contributed by atoms with Gasteiger partial charge in [-0.2, -0.15) is 0 Å². The molecule has 0 aliphatic carbocycles. The van der Waals surface area contributed by atoms with Crippen LogP contribution in [0.4, 0.5) is 5.69 Å². The minimum Gasteiger partial charge on any atom is -0.491 e. The second-order valence-electron chi connectivity index (χ2n) is 8.94. The summed E-state index contributed by atoms with van der Waals surface area (Å²) < 4.78 is 23.5. The Kier molecular flexibility index (Phi) is 11.7. The van der Waals surface area contributed by atoms with Crippen molar-refractivity contribution in [3.63, 3.8) is 0 Å². The van der Waals surface area contributed by atoms with Crippen molar-refractivity contribution in [2.24, 2.45) is 0 Å². The van der Waals surface area contributed by atoms with Gasteiger partial charge in [0.05, 0.1) is 39.6 Å². The van der Waals surface area contributed by atoms with Crippen LogP contribution in [0.5, 0.6) is 5.75 Å². The second kappa shape index (κ2) is 16.3. The molecule has 0 spiro atoms. The summed E-state index contributed by atoms with van der Waals surface area (Å²) in [4.78, 5) is 2.29. The summed E-state index contributed by atoms with van der Waals surface area (Å²) in [5.41, 5.74) is 4.64. The van der Waals surface area contributed by atoms with Gasteiger partial charge in [-0.25, -0.2) is 0 Å². The lowest BCUT2D eigenvalue weighted by molar-refractivity contribution is 0.0889. The maximum absolute atomic E-state index is 5.96. The molecule has 5 heteroatoms. The van der Waals surface area contributed by atoms with Crippen LogP contribution in [0.1, 0.15) is 16.7 Å². The summed E-state index contributed by atoms with van der Waals surface area (Å²) >= 11 is 0. The van der Waals surface area contributed by atoms with Crippen LogP contribution < -0.4 is 9.64 Å². The highest BCUT2D eigenvalue weighted by Gasteiger charge is 2.08. The zero-order valence-electron chi connectivity index (χ0n) is 21.9. The Labute approximate surface area is 226 Å². The van der Waals surface area contributed by atoms with Gasteiger partial charge < -0.3 is 23.8 Å². The molecule has 198 valence electrons. The van der Waals surface area contributed by atoms with Crippen LogP contribution in [-0.2, 0) is 34.0 Å². The van der Waals surface area contributed by atoms with Gasteiger partial charge in [-0.1, -0.05) is 91.0 Å². The Morgan fingerprint density at radius 3 is 1.29 bits per heavy atom. The van der Waals surface area contributed by atoms with Crippen LogP contribution in [0.3, 0.4) is 0 Å². The molecule has 0 aromatic heterocycles. The van der Waals surface area contributed by atoms with Crippen molar-refractivity contribution >= 4 is 5.69 Å². The molecule has 0 aliphatic rings. The fraction of sp³-hybridized carbons (Fsp3) is 0.273. The molecule has 4 aromatic carbocycles. The number of anilines is 1. The van der Waals surface area contributed by atoms with Crippen molar-refractivity contribution in [2.45, 2.75) is 19.8 Å². The molecule has 0 unspecified atom stereocenters. The molecule has 0 atom stereocenters. The van der Waals surface area contributed by atoms with Gasteiger partial charge in [-0.05, 0) is 41.0 Å². The molecule has 38 heavy (non-hydrogen) atoms. The molecule has 0 aliphatic heterocycles. The van der Waals surface area contributed by atoms with Crippen LogP contribution in [0.2, 0.25) is 0 Å². The fourth-order valence-corrected chi connectivity index (χ4v) is 3.98. The molecule has 4 aromatic rings. The summed E-state index contributed by atoms with van der Waals surface area (Å²) in [6, 6.07) is 38.9. The first-order chi connectivity index (χ1) is 18.9. The minimum atomic E-state index is 0.510. The van der Waals surface area contributed by atoms with Crippen molar-refractivity contribution in [2.75, 3.05) is 44.4 Å². The molecule has 4 rings (SSSR count).